The van der Waals surface area contributed by atoms with Gasteiger partial charge in [-0.05, 0) is 130 Å². The number of thioether (sulfide) groups is 1. The number of nitrogens with two attached hydrogens (primary N) is 1. The number of nitrogens with zero attached hydrogens (tertiary/aromatic N) is 3. The number of carbonyl (C=O) groups is 16. The van der Waals surface area contributed by atoms with Crippen molar-refractivity contribution in [2.24, 2.45) is 11.7 Å². The van der Waals surface area contributed by atoms with Gasteiger partial charge in [0, 0.05) is 67.8 Å². The van der Waals surface area contributed by atoms with Crippen LogP contribution in [0.1, 0.15) is 101 Å². The zero-order chi connectivity index (χ0) is 92.2. The fourth-order valence-electron chi connectivity index (χ4n) is 14.4. The van der Waals surface area contributed by atoms with Crippen LogP contribution >= 0.6 is 11.8 Å². The van der Waals surface area contributed by atoms with Gasteiger partial charge < -0.3 is 125 Å². The maximum atomic E-state index is 14.9. The number of likely N-dealkylation sites (tertiary alicyclic amines) is 2. The molecule has 6 aromatic rings. The number of H-pyrrole nitrogens is 2. The molecule has 2 aliphatic heterocycles. The first kappa shape index (κ1) is 98.4. The van der Waals surface area contributed by atoms with Crippen LogP contribution in [-0.4, -0.2) is 290 Å². The number of fused-ring (bicyclic) bond motifs is 1. The van der Waals surface area contributed by atoms with E-state index in [-0.39, 0.29) is 76.0 Å². The standard InChI is InChI=1S/C84H110N18O23S/c1-43(2)68(84(124)125)98-78(118)62(37-67(110)111)95-76(116)60(32-47-14-8-7-9-15-47)96-80(120)70(45(4)104)99-81(121)69(44(3)103)97-66(109)41-88-73(113)58(33-48-20-24-52(106)25-21-48)93-75(115)59(34-49-22-26-53(107)27-23-49)94-77(117)61(36-51-39-86-42-90-51)91-65(108)40-89-79(119)63-18-12-29-101(63)82(122)64-19-13-30-102(64)83(123)71(46(5)105)100-74(114)57(28-31-126-6)92-72(112)55(85)35-50-38-87-56-17-11-10-16-54(50)56/h7-11,14-17,20-27,38-39,42-46,55,57-64,68-71,87,103-107H,12-13,18-19,28-37,40-41,85H2,1-6H3,(H,86,90)(H,88,113)(H,89,119)(H,91,108)(H,92,112)(H,93,115)(H,94,117)(H,95,116)(H,96,120)(H,97,109)(H,98,118)(H,99,121)(H,100,114)(H,110,111)(H,124,125)/t44-,45-,46-,55+,57+,58+,59+,60+,61+,62+,63+,64+,68+,69+,70+,71+/m1/s1. The van der Waals surface area contributed by atoms with Gasteiger partial charge in [0.15, 0.2) is 0 Å². The minimum atomic E-state index is -1.98. The molecule has 680 valence electrons. The second kappa shape index (κ2) is 47.1. The van der Waals surface area contributed by atoms with Gasteiger partial charge in [0.1, 0.15) is 84.0 Å². The SMILES string of the molecule is CSCC[C@H](NC(=O)[C@@H](N)Cc1c[nH]c2ccccc12)C(=O)N[C@H](C(=O)N1CCC[C@H]1C(=O)N1CCC[C@H]1C(=O)NCC(=O)N[C@@H](Cc1cnc[nH]1)C(=O)N[C@@H](Cc1ccc(O)cc1)C(=O)N[C@@H](Cc1ccc(O)cc1)C(=O)NCC(=O)N[C@H](C(=O)N[C@H](C(=O)N[C@@H](Cc1ccccc1)C(=O)N[C@@H](CC(=O)O)C(=O)N[C@H](C(=O)O)C(C)C)[C@@H](C)O)[C@@H](C)O)[C@@H](C)O. The van der Waals surface area contributed by atoms with E-state index in [2.05, 4.69) is 78.8 Å². The van der Waals surface area contributed by atoms with E-state index in [1.165, 1.54) is 103 Å². The maximum absolute atomic E-state index is 14.9. The fourth-order valence-corrected chi connectivity index (χ4v) is 14.9. The second-order valence-corrected chi connectivity index (χ2v) is 32.3. The molecule has 2 fully saturated rings. The Hall–Kier alpha value is -13.1. The van der Waals surface area contributed by atoms with Gasteiger partial charge >= 0.3 is 11.9 Å². The zero-order valence-electron chi connectivity index (χ0n) is 70.2. The average molecular weight is 1770 g/mol. The van der Waals surface area contributed by atoms with E-state index >= 15 is 0 Å². The van der Waals surface area contributed by atoms with Crippen molar-refractivity contribution in [3.63, 3.8) is 0 Å². The lowest BCUT2D eigenvalue weighted by atomic mass is 10.0. The van der Waals surface area contributed by atoms with Crippen molar-refractivity contribution in [3.05, 3.63) is 150 Å². The minimum absolute atomic E-state index is 0.0417. The van der Waals surface area contributed by atoms with Gasteiger partial charge in [-0.2, -0.15) is 11.8 Å². The number of aliphatic hydroxyl groups excluding tert-OH is 3. The van der Waals surface area contributed by atoms with Gasteiger partial charge in [0.25, 0.3) is 0 Å². The predicted molar refractivity (Wildman–Crippen MR) is 454 cm³/mol. The first-order valence-electron chi connectivity index (χ1n) is 40.9. The van der Waals surface area contributed by atoms with Crippen LogP contribution in [0, 0.1) is 5.92 Å². The zero-order valence-corrected chi connectivity index (χ0v) is 71.0. The Bertz CT molecular complexity index is 4810. The normalized spacial score (nSPS) is 17.0. The topological polar surface area (TPSA) is 636 Å². The summed E-state index contributed by atoms with van der Waals surface area (Å²) in [5, 5.41) is 103. The number of phenolic OH excluding ortho intramolecular Hbond substituents is 2. The highest BCUT2D eigenvalue weighted by molar-refractivity contribution is 7.98. The van der Waals surface area contributed by atoms with Crippen LogP contribution < -0.4 is 69.5 Å². The summed E-state index contributed by atoms with van der Waals surface area (Å²) in [6.07, 6.45) is -0.0619. The number of nitrogens with one attached hydrogen (secondary N) is 14. The largest absolute Gasteiger partial charge is 0.508 e. The van der Waals surface area contributed by atoms with E-state index in [1.807, 2.05) is 24.3 Å². The van der Waals surface area contributed by atoms with Crippen molar-refractivity contribution in [2.45, 2.75) is 202 Å². The molecule has 4 heterocycles. The number of aromatic hydroxyl groups is 2. The summed E-state index contributed by atoms with van der Waals surface area (Å²) in [5.41, 5.74) is 9.39. The van der Waals surface area contributed by atoms with Crippen molar-refractivity contribution in [3.8, 4) is 11.5 Å². The predicted octanol–water partition coefficient (Wildman–Crippen LogP) is -3.68. The maximum Gasteiger partial charge on any atom is 0.326 e. The molecule has 2 aromatic heterocycles. The Morgan fingerprint density at radius 1 is 0.484 bits per heavy atom. The number of hydrogen-bond donors (Lipinski definition) is 22. The van der Waals surface area contributed by atoms with Gasteiger partial charge in [0.05, 0.1) is 50.2 Å². The van der Waals surface area contributed by atoms with Crippen molar-refractivity contribution in [1.82, 2.24) is 88.6 Å². The van der Waals surface area contributed by atoms with Crippen molar-refractivity contribution < 1.29 is 112 Å². The highest BCUT2D eigenvalue weighted by Gasteiger charge is 2.46. The number of para-hydroxylation sites is 1. The number of aliphatic hydroxyl groups is 3. The molecule has 42 heteroatoms. The second-order valence-electron chi connectivity index (χ2n) is 31.3. The molecule has 4 aromatic carbocycles. The van der Waals surface area contributed by atoms with Crippen molar-refractivity contribution >= 4 is 117 Å². The average Bonchev–Trinajstić information content (AvgIpc) is 1.64. The number of carboxylic acid groups (broad SMARTS) is 2. The molecule has 41 nitrogen and oxygen atoms in total. The molecule has 14 amide bonds. The van der Waals surface area contributed by atoms with Crippen LogP contribution in [0.4, 0.5) is 0 Å². The van der Waals surface area contributed by atoms with Gasteiger partial charge in [-0.3, -0.25) is 71.9 Å². The molecule has 0 saturated carbocycles. The molecule has 0 spiro atoms. The third kappa shape index (κ3) is 28.8. The van der Waals surface area contributed by atoms with E-state index in [9.17, 15) is 112 Å². The van der Waals surface area contributed by atoms with Crippen LogP contribution in [0.3, 0.4) is 0 Å². The number of phenols is 2. The number of benzene rings is 4. The summed E-state index contributed by atoms with van der Waals surface area (Å²) in [4.78, 5) is 235. The monoisotopic (exact) mass is 1770 g/mol. The summed E-state index contributed by atoms with van der Waals surface area (Å²) < 4.78 is 0. The number of aliphatic carboxylic acids is 2. The first-order chi connectivity index (χ1) is 59.9. The lowest BCUT2D eigenvalue weighted by molar-refractivity contribution is -0.149. The molecule has 0 radical (unpaired) electrons. The molecule has 2 aliphatic rings. The third-order valence-corrected chi connectivity index (χ3v) is 21.8. The Labute approximate surface area is 728 Å². The molecule has 126 heavy (non-hydrogen) atoms. The molecule has 0 aliphatic carbocycles. The highest BCUT2D eigenvalue weighted by Crippen LogP contribution is 2.27. The summed E-state index contributed by atoms with van der Waals surface area (Å²) in [6.45, 7) is 4.71. The van der Waals surface area contributed by atoms with E-state index in [1.54, 1.807) is 42.8 Å². The molecule has 8 rings (SSSR count). The van der Waals surface area contributed by atoms with Crippen LogP contribution in [-0.2, 0) is 109 Å². The van der Waals surface area contributed by atoms with E-state index in [0.717, 1.165) is 30.3 Å². The summed E-state index contributed by atoms with van der Waals surface area (Å²) in [6, 6.07) is 6.20. The van der Waals surface area contributed by atoms with E-state index in [0.29, 0.717) is 41.0 Å². The minimum Gasteiger partial charge on any atom is -0.508 e. The first-order valence-corrected chi connectivity index (χ1v) is 42.3. The Morgan fingerprint density at radius 3 is 1.51 bits per heavy atom. The van der Waals surface area contributed by atoms with Gasteiger partial charge in [0.2, 0.25) is 82.7 Å². The fraction of sp³-hybridized carbons (Fsp3) is 0.464. The number of rotatable bonds is 46. The number of carbonyl (C=O) groups excluding carboxylic acids is 14. The highest BCUT2D eigenvalue weighted by atomic mass is 32.2. The summed E-state index contributed by atoms with van der Waals surface area (Å²) in [5.74, 6) is -17.3. The van der Waals surface area contributed by atoms with Crippen LogP contribution in [0.2, 0.25) is 0 Å². The van der Waals surface area contributed by atoms with E-state index in [4.69, 9.17) is 5.73 Å². The number of imidazole rings is 1. The van der Waals surface area contributed by atoms with Gasteiger partial charge in [-0.1, -0.05) is 86.6 Å². The van der Waals surface area contributed by atoms with Crippen molar-refractivity contribution in [2.75, 3.05) is 38.2 Å². The summed E-state index contributed by atoms with van der Waals surface area (Å²) in [7, 11) is 0. The lowest BCUT2D eigenvalue weighted by Crippen LogP contribution is -2.63. The number of amides is 14. The molecule has 2 saturated heterocycles. The molecule has 23 N–H and O–H groups in total. The van der Waals surface area contributed by atoms with Gasteiger partial charge in [-0.25, -0.2) is 9.78 Å². The Balaban J connectivity index is 0.912. The Morgan fingerprint density at radius 2 is 0.952 bits per heavy atom. The van der Waals surface area contributed by atoms with Crippen LogP contribution in [0.25, 0.3) is 10.9 Å². The third-order valence-electron chi connectivity index (χ3n) is 21.2. The van der Waals surface area contributed by atoms with Crippen LogP contribution in [0.5, 0.6) is 11.5 Å². The molecule has 16 atom stereocenters. The van der Waals surface area contributed by atoms with Crippen molar-refractivity contribution in [1.29, 1.82) is 0 Å². The number of hydrogen-bond acceptors (Lipinski definition) is 24. The summed E-state index contributed by atoms with van der Waals surface area (Å²) >= 11 is 1.41. The number of aromatic nitrogens is 3. The molecule has 0 bridgehead atoms. The number of carboxylic acids is 2. The smallest absolute Gasteiger partial charge is 0.326 e. The van der Waals surface area contributed by atoms with Crippen LogP contribution in [0.15, 0.2) is 122 Å². The van der Waals surface area contributed by atoms with E-state index < -0.39 is 217 Å². The Kier molecular flexibility index (Phi) is 36.8. The molecular formula is C84H110N18O23S. The quantitative estimate of drug-likeness (QED) is 0.0175. The lowest BCUT2D eigenvalue weighted by Gasteiger charge is -2.34. The molecule has 0 unspecified atom stereocenters. The molecular weight excluding hydrogens is 1660 g/mol. The van der Waals surface area contributed by atoms with Gasteiger partial charge in [-0.15, -0.1) is 0 Å². The number of aromatic amines is 2.